The van der Waals surface area contributed by atoms with Gasteiger partial charge in [-0.05, 0) is 48.9 Å². The number of halogens is 1. The Morgan fingerprint density at radius 1 is 1.26 bits per heavy atom. The molecule has 0 atom stereocenters. The first-order chi connectivity index (χ1) is 8.97. The van der Waals surface area contributed by atoms with E-state index in [9.17, 15) is 14.3 Å². The van der Waals surface area contributed by atoms with Gasteiger partial charge >= 0.3 is 0 Å². The number of rotatable bonds is 2. The highest BCUT2D eigenvalue weighted by Gasteiger charge is 2.11. The molecule has 0 aromatic heterocycles. The molecule has 0 unspecified atom stereocenters. The molecule has 0 heterocycles. The minimum atomic E-state index is -0.527. The average Bonchev–Trinajstić information content (AvgIpc) is 2.36. The molecule has 0 bridgehead atoms. The van der Waals surface area contributed by atoms with E-state index in [2.05, 4.69) is 5.32 Å². The first kappa shape index (κ1) is 12.9. The number of nitrogens with two attached hydrogens (primary N) is 1. The van der Waals surface area contributed by atoms with E-state index in [0.717, 1.165) is 6.07 Å². The number of hydrogen-bond acceptors (Lipinski definition) is 3. The minimum absolute atomic E-state index is 0.0747. The molecule has 5 heteroatoms. The summed E-state index contributed by atoms with van der Waals surface area (Å²) in [6, 6.07) is 8.25. The Labute approximate surface area is 109 Å². The molecule has 2 aromatic rings. The van der Waals surface area contributed by atoms with Crippen LogP contribution in [0.5, 0.6) is 5.75 Å². The van der Waals surface area contributed by atoms with Crippen molar-refractivity contribution in [2.45, 2.75) is 6.92 Å². The summed E-state index contributed by atoms with van der Waals surface area (Å²) in [6.45, 7) is 1.71. The van der Waals surface area contributed by atoms with Crippen molar-refractivity contribution < 1.29 is 14.3 Å². The third-order valence-corrected chi connectivity index (χ3v) is 2.71. The summed E-state index contributed by atoms with van der Waals surface area (Å²) < 4.78 is 13.1. The summed E-state index contributed by atoms with van der Waals surface area (Å²) in [5, 5.41) is 12.0. The lowest BCUT2D eigenvalue weighted by atomic mass is 10.1. The lowest BCUT2D eigenvalue weighted by Crippen LogP contribution is -2.14. The van der Waals surface area contributed by atoms with Gasteiger partial charge in [-0.25, -0.2) is 4.39 Å². The van der Waals surface area contributed by atoms with Crippen LogP contribution in [0, 0.1) is 12.7 Å². The predicted molar refractivity (Wildman–Crippen MR) is 71.6 cm³/mol. The third-order valence-electron chi connectivity index (χ3n) is 2.71. The smallest absolute Gasteiger partial charge is 0.257 e. The zero-order valence-electron chi connectivity index (χ0n) is 10.3. The van der Waals surface area contributed by atoms with Crippen LogP contribution in [0.25, 0.3) is 0 Å². The van der Waals surface area contributed by atoms with Gasteiger partial charge in [-0.2, -0.15) is 0 Å². The van der Waals surface area contributed by atoms with Gasteiger partial charge < -0.3 is 16.2 Å². The largest absolute Gasteiger partial charge is 0.508 e. The summed E-state index contributed by atoms with van der Waals surface area (Å²) in [5.74, 6) is -0.883. The molecule has 1 amide bonds. The second-order valence-corrected chi connectivity index (χ2v) is 4.19. The van der Waals surface area contributed by atoms with Crippen LogP contribution in [0.2, 0.25) is 0 Å². The Kier molecular flexibility index (Phi) is 3.37. The highest BCUT2D eigenvalue weighted by molar-refractivity contribution is 6.07. The summed E-state index contributed by atoms with van der Waals surface area (Å²) in [5.41, 5.74) is 7.04. The van der Waals surface area contributed by atoms with E-state index in [-0.39, 0.29) is 17.0 Å². The molecule has 0 aliphatic rings. The molecule has 4 nitrogen and oxygen atoms in total. The monoisotopic (exact) mass is 260 g/mol. The number of phenols is 1. The summed E-state index contributed by atoms with van der Waals surface area (Å²) in [6.07, 6.45) is 0. The first-order valence-electron chi connectivity index (χ1n) is 5.63. The van der Waals surface area contributed by atoms with Gasteiger partial charge in [0.15, 0.2) is 0 Å². The van der Waals surface area contributed by atoms with Crippen LogP contribution in [0.3, 0.4) is 0 Å². The number of aryl methyl sites for hydroxylation is 1. The molecule has 2 aromatic carbocycles. The topological polar surface area (TPSA) is 75.4 Å². The van der Waals surface area contributed by atoms with Gasteiger partial charge in [0.05, 0.1) is 5.56 Å². The van der Waals surface area contributed by atoms with E-state index >= 15 is 0 Å². The standard InChI is InChI=1S/C14H13FN2O2/c1-8-6-10(3-5-13(8)18)17-14(19)11-7-9(15)2-4-12(11)16/h2-7,18H,16H2,1H3,(H,17,19). The maximum Gasteiger partial charge on any atom is 0.257 e. The van der Waals surface area contributed by atoms with Crippen LogP contribution in [-0.4, -0.2) is 11.0 Å². The van der Waals surface area contributed by atoms with Gasteiger partial charge in [-0.1, -0.05) is 0 Å². The number of carbonyl (C=O) groups excluding carboxylic acids is 1. The lowest BCUT2D eigenvalue weighted by Gasteiger charge is -2.09. The Balaban J connectivity index is 2.25. The van der Waals surface area contributed by atoms with Crippen molar-refractivity contribution in [1.29, 1.82) is 0 Å². The normalized spacial score (nSPS) is 10.2. The highest BCUT2D eigenvalue weighted by Crippen LogP contribution is 2.21. The lowest BCUT2D eigenvalue weighted by molar-refractivity contribution is 0.102. The molecule has 0 aliphatic heterocycles. The van der Waals surface area contributed by atoms with E-state index in [0.29, 0.717) is 11.3 Å². The molecular weight excluding hydrogens is 247 g/mol. The van der Waals surface area contributed by atoms with Crippen molar-refractivity contribution >= 4 is 17.3 Å². The summed E-state index contributed by atoms with van der Waals surface area (Å²) >= 11 is 0. The van der Waals surface area contributed by atoms with Crippen molar-refractivity contribution in [3.05, 3.63) is 53.3 Å². The number of anilines is 2. The molecule has 0 saturated heterocycles. The van der Waals surface area contributed by atoms with Crippen molar-refractivity contribution in [1.82, 2.24) is 0 Å². The molecular formula is C14H13FN2O2. The van der Waals surface area contributed by atoms with Gasteiger partial charge in [-0.3, -0.25) is 4.79 Å². The van der Waals surface area contributed by atoms with Gasteiger partial charge in [0.1, 0.15) is 11.6 Å². The molecule has 0 fully saturated rings. The molecule has 0 radical (unpaired) electrons. The van der Waals surface area contributed by atoms with Crippen molar-refractivity contribution in [2.24, 2.45) is 0 Å². The number of amides is 1. The number of nitrogens with one attached hydrogen (secondary N) is 1. The van der Waals surface area contributed by atoms with Gasteiger partial charge in [0.2, 0.25) is 0 Å². The van der Waals surface area contributed by atoms with Crippen molar-refractivity contribution in [3.8, 4) is 5.75 Å². The zero-order chi connectivity index (χ0) is 14.0. The number of carbonyl (C=O) groups is 1. The number of hydrogen-bond donors (Lipinski definition) is 3. The second kappa shape index (κ2) is 4.97. The Morgan fingerprint density at radius 3 is 2.68 bits per heavy atom. The molecule has 4 N–H and O–H groups in total. The number of aromatic hydroxyl groups is 1. The van der Waals surface area contributed by atoms with Crippen LogP contribution < -0.4 is 11.1 Å². The van der Waals surface area contributed by atoms with Crippen LogP contribution in [0.15, 0.2) is 36.4 Å². The maximum atomic E-state index is 13.1. The molecule has 19 heavy (non-hydrogen) atoms. The van der Waals surface area contributed by atoms with Gasteiger partial charge in [-0.15, -0.1) is 0 Å². The Bertz CT molecular complexity index is 641. The van der Waals surface area contributed by atoms with Crippen LogP contribution in [0.4, 0.5) is 15.8 Å². The minimum Gasteiger partial charge on any atom is -0.508 e. The Morgan fingerprint density at radius 2 is 2.00 bits per heavy atom. The van der Waals surface area contributed by atoms with Crippen molar-refractivity contribution in [3.63, 3.8) is 0 Å². The van der Waals surface area contributed by atoms with E-state index in [1.807, 2.05) is 0 Å². The van der Waals surface area contributed by atoms with Crippen LogP contribution >= 0.6 is 0 Å². The molecule has 2 rings (SSSR count). The van der Waals surface area contributed by atoms with E-state index in [4.69, 9.17) is 5.73 Å². The SMILES string of the molecule is Cc1cc(NC(=O)c2cc(F)ccc2N)ccc1O. The highest BCUT2D eigenvalue weighted by atomic mass is 19.1. The average molecular weight is 260 g/mol. The second-order valence-electron chi connectivity index (χ2n) is 4.19. The maximum absolute atomic E-state index is 13.1. The van der Waals surface area contributed by atoms with Crippen molar-refractivity contribution in [2.75, 3.05) is 11.1 Å². The summed E-state index contributed by atoms with van der Waals surface area (Å²) in [7, 11) is 0. The molecule has 0 aliphatic carbocycles. The predicted octanol–water partition coefficient (Wildman–Crippen LogP) is 2.67. The van der Waals surface area contributed by atoms with Crippen LogP contribution in [-0.2, 0) is 0 Å². The Hall–Kier alpha value is -2.56. The van der Waals surface area contributed by atoms with Gasteiger partial charge in [0.25, 0.3) is 5.91 Å². The number of benzene rings is 2. The third kappa shape index (κ3) is 2.82. The van der Waals surface area contributed by atoms with E-state index < -0.39 is 11.7 Å². The van der Waals surface area contributed by atoms with Crippen LogP contribution in [0.1, 0.15) is 15.9 Å². The molecule has 0 spiro atoms. The van der Waals surface area contributed by atoms with Gasteiger partial charge in [0, 0.05) is 11.4 Å². The van der Waals surface area contributed by atoms with E-state index in [1.54, 1.807) is 19.1 Å². The zero-order valence-corrected chi connectivity index (χ0v) is 10.3. The fraction of sp³-hybridized carbons (Fsp3) is 0.0714. The first-order valence-corrected chi connectivity index (χ1v) is 5.63. The van der Waals surface area contributed by atoms with E-state index in [1.165, 1.54) is 18.2 Å². The number of phenolic OH excluding ortho intramolecular Hbond substituents is 1. The fourth-order valence-corrected chi connectivity index (χ4v) is 1.66. The summed E-state index contributed by atoms with van der Waals surface area (Å²) in [4.78, 5) is 12.0. The molecule has 98 valence electrons. The quantitative estimate of drug-likeness (QED) is 0.574. The number of nitrogen functional groups attached to an aromatic ring is 1. The fourth-order valence-electron chi connectivity index (χ4n) is 1.66. The molecule has 0 saturated carbocycles.